The van der Waals surface area contributed by atoms with Crippen molar-refractivity contribution in [1.29, 1.82) is 0 Å². The Morgan fingerprint density at radius 1 is 1.17 bits per heavy atom. The molecule has 0 aliphatic carbocycles. The molecule has 0 radical (unpaired) electrons. The van der Waals surface area contributed by atoms with E-state index in [0.717, 1.165) is 5.56 Å². The zero-order chi connectivity index (χ0) is 21.3. The lowest BCUT2D eigenvalue weighted by Crippen LogP contribution is -2.42. The van der Waals surface area contributed by atoms with Crippen molar-refractivity contribution in [3.63, 3.8) is 0 Å². The van der Waals surface area contributed by atoms with Crippen LogP contribution in [0.4, 0.5) is 0 Å². The van der Waals surface area contributed by atoms with Crippen molar-refractivity contribution < 1.29 is 14.3 Å². The van der Waals surface area contributed by atoms with Crippen LogP contribution in [0.5, 0.6) is 5.75 Å². The third-order valence-corrected chi connectivity index (χ3v) is 5.92. The van der Waals surface area contributed by atoms with Gasteiger partial charge in [-0.2, -0.15) is 0 Å². The predicted molar refractivity (Wildman–Crippen MR) is 117 cm³/mol. The van der Waals surface area contributed by atoms with Crippen LogP contribution in [0.2, 0.25) is 10.0 Å². The second kappa shape index (κ2) is 11.2. The molecule has 6 nitrogen and oxygen atoms in total. The number of rotatable bonds is 8. The van der Waals surface area contributed by atoms with Crippen LogP contribution >= 0.6 is 23.2 Å². The van der Waals surface area contributed by atoms with Crippen molar-refractivity contribution in [2.24, 2.45) is 5.92 Å². The van der Waals surface area contributed by atoms with Gasteiger partial charge in [0, 0.05) is 44.4 Å². The molecule has 1 N–H and O–H groups in total. The van der Waals surface area contributed by atoms with Crippen molar-refractivity contribution in [2.45, 2.75) is 32.2 Å². The Morgan fingerprint density at radius 2 is 1.97 bits per heavy atom. The van der Waals surface area contributed by atoms with Crippen molar-refractivity contribution in [3.05, 3.63) is 58.3 Å². The van der Waals surface area contributed by atoms with Crippen molar-refractivity contribution >= 4 is 35.0 Å². The number of amides is 2. The van der Waals surface area contributed by atoms with Gasteiger partial charge < -0.3 is 15.0 Å². The van der Waals surface area contributed by atoms with Gasteiger partial charge in [-0.3, -0.25) is 14.6 Å². The van der Waals surface area contributed by atoms with E-state index in [0.29, 0.717) is 67.7 Å². The lowest BCUT2D eigenvalue weighted by atomic mass is 9.95. The molecule has 160 valence electrons. The standard InChI is InChI=1S/C22H25Cl2N3O3/c23-18-5-1-6-19(21(18)24)30-13-3-7-20(28)27-11-8-17(9-12-27)22(29)26-15-16-4-2-10-25-14-16/h1-2,4-6,10,14,17H,3,7-9,11-13,15H2,(H,26,29). The average molecular weight is 450 g/mol. The zero-order valence-electron chi connectivity index (χ0n) is 16.7. The fourth-order valence-electron chi connectivity index (χ4n) is 3.39. The molecule has 1 aromatic heterocycles. The van der Waals surface area contributed by atoms with Crippen LogP contribution in [0.1, 0.15) is 31.2 Å². The summed E-state index contributed by atoms with van der Waals surface area (Å²) in [5.74, 6) is 0.594. The Labute approximate surface area is 186 Å². The highest BCUT2D eigenvalue weighted by molar-refractivity contribution is 6.42. The number of likely N-dealkylation sites (tertiary alicyclic amines) is 1. The summed E-state index contributed by atoms with van der Waals surface area (Å²) < 4.78 is 5.62. The first kappa shape index (κ1) is 22.4. The lowest BCUT2D eigenvalue weighted by Gasteiger charge is -2.31. The first-order valence-electron chi connectivity index (χ1n) is 10.1. The monoisotopic (exact) mass is 449 g/mol. The van der Waals surface area contributed by atoms with E-state index in [-0.39, 0.29) is 17.7 Å². The molecule has 1 aliphatic rings. The number of hydrogen-bond acceptors (Lipinski definition) is 4. The van der Waals surface area contributed by atoms with Crippen LogP contribution in [0.3, 0.4) is 0 Å². The van der Waals surface area contributed by atoms with E-state index in [2.05, 4.69) is 10.3 Å². The number of carbonyl (C=O) groups is 2. The van der Waals surface area contributed by atoms with Crippen molar-refractivity contribution in [1.82, 2.24) is 15.2 Å². The highest BCUT2D eigenvalue weighted by Crippen LogP contribution is 2.31. The summed E-state index contributed by atoms with van der Waals surface area (Å²) in [4.78, 5) is 30.7. The molecule has 30 heavy (non-hydrogen) atoms. The highest BCUT2D eigenvalue weighted by atomic mass is 35.5. The third-order valence-electron chi connectivity index (χ3n) is 5.12. The minimum Gasteiger partial charge on any atom is -0.492 e. The summed E-state index contributed by atoms with van der Waals surface area (Å²) in [5, 5.41) is 3.79. The molecule has 0 unspecified atom stereocenters. The van der Waals surface area contributed by atoms with Crippen LogP contribution in [0.15, 0.2) is 42.7 Å². The summed E-state index contributed by atoms with van der Waals surface area (Å²) in [7, 11) is 0. The molecule has 0 bridgehead atoms. The van der Waals surface area contributed by atoms with Gasteiger partial charge in [-0.1, -0.05) is 35.3 Å². The minimum absolute atomic E-state index is 0.0396. The maximum Gasteiger partial charge on any atom is 0.223 e. The van der Waals surface area contributed by atoms with Gasteiger partial charge in [-0.25, -0.2) is 0 Å². The van der Waals surface area contributed by atoms with E-state index in [1.54, 1.807) is 30.6 Å². The van der Waals surface area contributed by atoms with Gasteiger partial charge in [-0.15, -0.1) is 0 Å². The number of piperidine rings is 1. The second-order valence-corrected chi connectivity index (χ2v) is 8.02. The smallest absolute Gasteiger partial charge is 0.223 e. The Morgan fingerprint density at radius 3 is 2.70 bits per heavy atom. The van der Waals surface area contributed by atoms with Gasteiger partial charge in [0.2, 0.25) is 11.8 Å². The van der Waals surface area contributed by atoms with E-state index in [4.69, 9.17) is 27.9 Å². The van der Waals surface area contributed by atoms with E-state index in [9.17, 15) is 9.59 Å². The maximum atomic E-state index is 12.4. The molecule has 1 aromatic carbocycles. The molecule has 2 aromatic rings. The molecule has 2 heterocycles. The number of hydrogen-bond donors (Lipinski definition) is 1. The van der Waals surface area contributed by atoms with Crippen LogP contribution in [0, 0.1) is 5.92 Å². The van der Waals surface area contributed by atoms with Gasteiger partial charge in [0.15, 0.2) is 0 Å². The number of halogens is 2. The Bertz CT molecular complexity index is 856. The van der Waals surface area contributed by atoms with E-state index in [1.165, 1.54) is 0 Å². The molecule has 1 aliphatic heterocycles. The fourth-order valence-corrected chi connectivity index (χ4v) is 3.73. The third kappa shape index (κ3) is 6.34. The van der Waals surface area contributed by atoms with Gasteiger partial charge in [0.1, 0.15) is 10.8 Å². The highest BCUT2D eigenvalue weighted by Gasteiger charge is 2.26. The molecule has 0 spiro atoms. The molecule has 1 fully saturated rings. The van der Waals surface area contributed by atoms with Crippen molar-refractivity contribution in [2.75, 3.05) is 19.7 Å². The van der Waals surface area contributed by atoms with Crippen molar-refractivity contribution in [3.8, 4) is 5.75 Å². The Hall–Kier alpha value is -2.31. The Balaban J connectivity index is 1.33. The first-order chi connectivity index (χ1) is 14.5. The minimum atomic E-state index is -0.0565. The van der Waals surface area contributed by atoms with Gasteiger partial charge >= 0.3 is 0 Å². The summed E-state index contributed by atoms with van der Waals surface area (Å²) in [6.07, 6.45) is 5.80. The number of nitrogens with one attached hydrogen (secondary N) is 1. The normalized spacial score (nSPS) is 14.4. The molecule has 2 amide bonds. The molecular formula is C22H25Cl2N3O3. The van der Waals surface area contributed by atoms with Crippen LogP contribution in [-0.2, 0) is 16.1 Å². The number of ether oxygens (including phenoxy) is 1. The quantitative estimate of drug-likeness (QED) is 0.615. The topological polar surface area (TPSA) is 71.5 Å². The van der Waals surface area contributed by atoms with E-state index >= 15 is 0 Å². The van der Waals surface area contributed by atoms with Gasteiger partial charge in [-0.05, 0) is 43.0 Å². The average Bonchev–Trinajstić information content (AvgIpc) is 2.78. The van der Waals surface area contributed by atoms with Crippen LogP contribution in [0.25, 0.3) is 0 Å². The van der Waals surface area contributed by atoms with E-state index < -0.39 is 0 Å². The molecular weight excluding hydrogens is 425 g/mol. The number of benzene rings is 1. The fraction of sp³-hybridized carbons (Fsp3) is 0.409. The lowest BCUT2D eigenvalue weighted by molar-refractivity contribution is -0.135. The van der Waals surface area contributed by atoms with Gasteiger partial charge in [0.05, 0.1) is 11.6 Å². The number of nitrogens with zero attached hydrogens (tertiary/aromatic N) is 2. The molecule has 0 atom stereocenters. The number of pyridine rings is 1. The molecule has 0 saturated carbocycles. The SMILES string of the molecule is O=C(NCc1cccnc1)C1CCN(C(=O)CCCOc2cccc(Cl)c2Cl)CC1. The number of carbonyl (C=O) groups excluding carboxylic acids is 2. The van der Waals surface area contributed by atoms with Gasteiger partial charge in [0.25, 0.3) is 0 Å². The first-order valence-corrected chi connectivity index (χ1v) is 10.8. The number of aromatic nitrogens is 1. The van der Waals surface area contributed by atoms with Crippen LogP contribution < -0.4 is 10.1 Å². The van der Waals surface area contributed by atoms with Crippen LogP contribution in [-0.4, -0.2) is 41.4 Å². The summed E-state index contributed by atoms with van der Waals surface area (Å²) in [6.45, 7) is 2.07. The maximum absolute atomic E-state index is 12.4. The largest absolute Gasteiger partial charge is 0.492 e. The second-order valence-electron chi connectivity index (χ2n) is 7.24. The summed E-state index contributed by atoms with van der Waals surface area (Å²) >= 11 is 12.0. The zero-order valence-corrected chi connectivity index (χ0v) is 18.2. The molecule has 1 saturated heterocycles. The predicted octanol–water partition coefficient (Wildman–Crippen LogP) is 4.10. The molecule has 8 heteroatoms. The summed E-state index contributed by atoms with van der Waals surface area (Å²) in [5.41, 5.74) is 0.972. The molecule has 3 rings (SSSR count). The summed E-state index contributed by atoms with van der Waals surface area (Å²) in [6, 6.07) is 8.99. The van der Waals surface area contributed by atoms with E-state index in [1.807, 2.05) is 17.0 Å². The Kier molecular flexibility index (Phi) is 8.34.